The largest absolute Gasteiger partial charge is 0.396 e. The van der Waals surface area contributed by atoms with E-state index in [1.54, 1.807) is 13.8 Å². The Hall–Kier alpha value is -1.49. The number of rotatable bonds is 5. The summed E-state index contributed by atoms with van der Waals surface area (Å²) >= 11 is 0. The molecule has 0 saturated heterocycles. The van der Waals surface area contributed by atoms with Crippen LogP contribution in [-0.2, 0) is 11.2 Å². The Morgan fingerprint density at radius 1 is 1.33 bits per heavy atom. The predicted molar refractivity (Wildman–Crippen MR) is 64.0 cm³/mol. The predicted octanol–water partition coefficient (Wildman–Crippen LogP) is 1.78. The van der Waals surface area contributed by atoms with Crippen LogP contribution in [0.3, 0.4) is 0 Å². The van der Waals surface area contributed by atoms with Crippen molar-refractivity contribution in [3.05, 3.63) is 35.4 Å². The molecule has 0 aliphatic rings. The van der Waals surface area contributed by atoms with Crippen LogP contribution in [0.5, 0.6) is 0 Å². The van der Waals surface area contributed by atoms with E-state index in [1.807, 2.05) is 0 Å². The van der Waals surface area contributed by atoms with Gasteiger partial charge in [-0.3, -0.25) is 4.79 Å². The van der Waals surface area contributed by atoms with Gasteiger partial charge in [-0.1, -0.05) is 6.07 Å². The number of hydrogen-bond donors (Lipinski definition) is 2. The Balaban J connectivity index is 2.62. The van der Waals surface area contributed by atoms with E-state index in [2.05, 4.69) is 5.32 Å². The molecule has 0 aromatic heterocycles. The van der Waals surface area contributed by atoms with E-state index in [4.69, 9.17) is 5.11 Å². The van der Waals surface area contributed by atoms with Gasteiger partial charge in [0.1, 0.15) is 0 Å². The lowest BCUT2D eigenvalue weighted by Gasteiger charge is -2.25. The summed E-state index contributed by atoms with van der Waals surface area (Å²) in [6.45, 7) is 3.54. The number of carbonyl (C=O) groups is 1. The lowest BCUT2D eigenvalue weighted by molar-refractivity contribution is -0.122. The maximum Gasteiger partial charge on any atom is 0.224 e. The van der Waals surface area contributed by atoms with Crippen LogP contribution in [-0.4, -0.2) is 23.2 Å². The minimum atomic E-state index is -0.963. The fourth-order valence-corrected chi connectivity index (χ4v) is 1.60. The molecule has 1 aromatic rings. The normalized spacial score (nSPS) is 11.4. The lowest BCUT2D eigenvalue weighted by atomic mass is 10.0. The van der Waals surface area contributed by atoms with Crippen molar-refractivity contribution in [3.8, 4) is 0 Å². The first-order valence-corrected chi connectivity index (χ1v) is 5.70. The third kappa shape index (κ3) is 4.41. The first-order chi connectivity index (χ1) is 8.34. The molecule has 0 heterocycles. The summed E-state index contributed by atoms with van der Waals surface area (Å²) in [7, 11) is 0. The second-order valence-corrected chi connectivity index (χ2v) is 4.83. The number of aliphatic hydroxyl groups excluding tert-OH is 1. The number of benzene rings is 1. The van der Waals surface area contributed by atoms with Crippen molar-refractivity contribution in [2.24, 2.45) is 0 Å². The second-order valence-electron chi connectivity index (χ2n) is 4.83. The number of amides is 1. The smallest absolute Gasteiger partial charge is 0.224 e. The summed E-state index contributed by atoms with van der Waals surface area (Å²) in [5.74, 6) is -2.19. The van der Waals surface area contributed by atoms with Gasteiger partial charge in [0.25, 0.3) is 0 Å². The topological polar surface area (TPSA) is 49.3 Å². The molecule has 5 heteroatoms. The van der Waals surface area contributed by atoms with E-state index < -0.39 is 17.2 Å². The van der Waals surface area contributed by atoms with Crippen molar-refractivity contribution in [1.82, 2.24) is 5.32 Å². The summed E-state index contributed by atoms with van der Waals surface area (Å²) in [4.78, 5) is 11.7. The van der Waals surface area contributed by atoms with Crippen molar-refractivity contribution >= 4 is 5.91 Å². The summed E-state index contributed by atoms with van der Waals surface area (Å²) in [6, 6.07) is 3.38. The summed E-state index contributed by atoms with van der Waals surface area (Å²) in [6.07, 6.45) is 0.405. The van der Waals surface area contributed by atoms with Crippen molar-refractivity contribution in [2.75, 3.05) is 6.61 Å². The molecule has 0 radical (unpaired) electrons. The molecule has 0 spiro atoms. The van der Waals surface area contributed by atoms with Crippen LogP contribution in [0.15, 0.2) is 18.2 Å². The van der Waals surface area contributed by atoms with Gasteiger partial charge in [-0.05, 0) is 38.0 Å². The minimum absolute atomic E-state index is 0.0218. The number of halogens is 2. The third-order valence-electron chi connectivity index (χ3n) is 2.56. The first kappa shape index (κ1) is 14.6. The van der Waals surface area contributed by atoms with Gasteiger partial charge in [-0.15, -0.1) is 0 Å². The van der Waals surface area contributed by atoms with Gasteiger partial charge < -0.3 is 10.4 Å². The third-order valence-corrected chi connectivity index (χ3v) is 2.56. The molecule has 1 aromatic carbocycles. The number of aliphatic hydroxyl groups is 1. The summed E-state index contributed by atoms with van der Waals surface area (Å²) in [5, 5.41) is 11.6. The van der Waals surface area contributed by atoms with Crippen LogP contribution in [0.1, 0.15) is 25.8 Å². The molecule has 0 fully saturated rings. The van der Waals surface area contributed by atoms with Gasteiger partial charge >= 0.3 is 0 Å². The molecule has 0 bridgehead atoms. The molecule has 3 nitrogen and oxygen atoms in total. The zero-order valence-corrected chi connectivity index (χ0v) is 10.5. The fraction of sp³-hybridized carbons (Fsp3) is 0.462. The molecule has 0 aliphatic heterocycles. The van der Waals surface area contributed by atoms with Gasteiger partial charge in [0.05, 0.1) is 6.42 Å². The number of hydrogen-bond acceptors (Lipinski definition) is 2. The second kappa shape index (κ2) is 5.91. The Kier molecular flexibility index (Phi) is 4.78. The van der Waals surface area contributed by atoms with E-state index in [0.717, 1.165) is 12.1 Å². The van der Waals surface area contributed by atoms with Crippen molar-refractivity contribution in [3.63, 3.8) is 0 Å². The van der Waals surface area contributed by atoms with Crippen LogP contribution < -0.4 is 5.32 Å². The molecule has 100 valence electrons. The molecule has 18 heavy (non-hydrogen) atoms. The van der Waals surface area contributed by atoms with Crippen LogP contribution >= 0.6 is 0 Å². The molecule has 1 rings (SSSR count). The Morgan fingerprint density at radius 3 is 2.56 bits per heavy atom. The fourth-order valence-electron chi connectivity index (χ4n) is 1.60. The molecule has 0 aliphatic carbocycles. The Bertz CT molecular complexity index is 433. The highest BCUT2D eigenvalue weighted by Gasteiger charge is 2.19. The first-order valence-electron chi connectivity index (χ1n) is 5.70. The monoisotopic (exact) mass is 257 g/mol. The van der Waals surface area contributed by atoms with Crippen LogP contribution in [0, 0.1) is 11.6 Å². The van der Waals surface area contributed by atoms with Gasteiger partial charge in [0.2, 0.25) is 5.91 Å². The maximum absolute atomic E-state index is 12.9. The SMILES string of the molecule is CC(C)(CCO)NC(=O)Cc1ccc(F)c(F)c1. The zero-order valence-electron chi connectivity index (χ0n) is 10.5. The summed E-state index contributed by atoms with van der Waals surface area (Å²) in [5.41, 5.74) is -0.115. The van der Waals surface area contributed by atoms with E-state index in [1.165, 1.54) is 6.07 Å². The van der Waals surface area contributed by atoms with E-state index >= 15 is 0 Å². The van der Waals surface area contributed by atoms with Crippen molar-refractivity contribution < 1.29 is 18.7 Å². The molecule has 0 saturated carbocycles. The average molecular weight is 257 g/mol. The van der Waals surface area contributed by atoms with E-state index in [-0.39, 0.29) is 18.9 Å². The van der Waals surface area contributed by atoms with Crippen LogP contribution in [0.25, 0.3) is 0 Å². The lowest BCUT2D eigenvalue weighted by Crippen LogP contribution is -2.44. The van der Waals surface area contributed by atoms with Crippen LogP contribution in [0.2, 0.25) is 0 Å². The average Bonchev–Trinajstić information content (AvgIpc) is 2.22. The van der Waals surface area contributed by atoms with Gasteiger partial charge in [0, 0.05) is 12.1 Å². The Morgan fingerprint density at radius 2 is 2.00 bits per heavy atom. The standard InChI is InChI=1S/C13H17F2NO2/c1-13(2,5-6-17)16-12(18)8-9-3-4-10(14)11(15)7-9/h3-4,7,17H,5-6,8H2,1-2H3,(H,16,18). The molecular weight excluding hydrogens is 240 g/mol. The van der Waals surface area contributed by atoms with Gasteiger partial charge in [-0.2, -0.15) is 0 Å². The highest BCUT2D eigenvalue weighted by Crippen LogP contribution is 2.11. The van der Waals surface area contributed by atoms with Crippen LogP contribution in [0.4, 0.5) is 8.78 Å². The highest BCUT2D eigenvalue weighted by atomic mass is 19.2. The molecule has 0 unspecified atom stereocenters. The van der Waals surface area contributed by atoms with E-state index in [9.17, 15) is 13.6 Å². The number of carbonyl (C=O) groups excluding carboxylic acids is 1. The zero-order chi connectivity index (χ0) is 13.8. The van der Waals surface area contributed by atoms with Gasteiger partial charge in [0.15, 0.2) is 11.6 Å². The molecule has 0 atom stereocenters. The summed E-state index contributed by atoms with van der Waals surface area (Å²) < 4.78 is 25.7. The molecular formula is C13H17F2NO2. The van der Waals surface area contributed by atoms with Crippen molar-refractivity contribution in [1.29, 1.82) is 0 Å². The van der Waals surface area contributed by atoms with E-state index in [0.29, 0.717) is 12.0 Å². The minimum Gasteiger partial charge on any atom is -0.396 e. The highest BCUT2D eigenvalue weighted by molar-refractivity contribution is 5.79. The van der Waals surface area contributed by atoms with Gasteiger partial charge in [-0.25, -0.2) is 8.78 Å². The van der Waals surface area contributed by atoms with Crippen molar-refractivity contribution in [2.45, 2.75) is 32.2 Å². The maximum atomic E-state index is 12.9. The molecule has 1 amide bonds. The quantitative estimate of drug-likeness (QED) is 0.844. The Labute approximate surface area is 105 Å². The molecule has 2 N–H and O–H groups in total. The number of nitrogens with one attached hydrogen (secondary N) is 1.